The van der Waals surface area contributed by atoms with Crippen LogP contribution in [-0.2, 0) is 11.2 Å². The monoisotopic (exact) mass is 422 g/mol. The number of hydrogen-bond acceptors (Lipinski definition) is 5. The summed E-state index contributed by atoms with van der Waals surface area (Å²) in [5.74, 6) is 1.07. The van der Waals surface area contributed by atoms with Gasteiger partial charge < -0.3 is 14.8 Å². The fourth-order valence-corrected chi connectivity index (χ4v) is 3.72. The van der Waals surface area contributed by atoms with Crippen LogP contribution in [0.15, 0.2) is 41.8 Å². The number of amides is 1. The molecule has 0 aliphatic heterocycles. The van der Waals surface area contributed by atoms with Gasteiger partial charge in [-0.2, -0.15) is 0 Å². The second-order valence-corrected chi connectivity index (χ2v) is 7.27. The van der Waals surface area contributed by atoms with Gasteiger partial charge in [0.15, 0.2) is 5.13 Å². The minimum atomic E-state index is -0.193. The topological polar surface area (TPSA) is 60.5 Å². The molecule has 0 saturated carbocycles. The number of ether oxygens (including phenoxy) is 2. The van der Waals surface area contributed by atoms with Crippen LogP contribution < -0.4 is 14.8 Å². The number of nitrogens with zero attached hydrogens (tertiary/aromatic N) is 1. The highest BCUT2D eigenvalue weighted by atomic mass is 35.5. The highest BCUT2D eigenvalue weighted by Crippen LogP contribution is 2.32. The molecular formula is C19H16Cl2N2O3S. The average molecular weight is 423 g/mol. The Labute approximate surface area is 170 Å². The first-order valence-electron chi connectivity index (χ1n) is 7.92. The maximum absolute atomic E-state index is 12.4. The number of carbonyl (C=O) groups excluding carboxylic acids is 1. The largest absolute Gasteiger partial charge is 0.497 e. The smallest absolute Gasteiger partial charge is 0.230 e. The van der Waals surface area contributed by atoms with Crippen molar-refractivity contribution in [2.45, 2.75) is 6.42 Å². The van der Waals surface area contributed by atoms with Crippen molar-refractivity contribution in [3.05, 3.63) is 57.4 Å². The number of anilines is 1. The lowest BCUT2D eigenvalue weighted by molar-refractivity contribution is -0.115. The molecule has 0 unspecified atom stereocenters. The first kappa shape index (κ1) is 19.5. The lowest BCUT2D eigenvalue weighted by atomic mass is 10.1. The number of carbonyl (C=O) groups is 1. The van der Waals surface area contributed by atoms with Crippen LogP contribution >= 0.6 is 34.5 Å². The molecule has 27 heavy (non-hydrogen) atoms. The van der Waals surface area contributed by atoms with Crippen LogP contribution in [0.2, 0.25) is 10.0 Å². The molecule has 1 heterocycles. The van der Waals surface area contributed by atoms with E-state index in [1.807, 2.05) is 5.38 Å². The molecule has 1 amide bonds. The number of methoxy groups -OCH3 is 2. The molecule has 0 saturated heterocycles. The molecule has 0 bridgehead atoms. The Morgan fingerprint density at radius 3 is 2.67 bits per heavy atom. The molecule has 1 aromatic heterocycles. The Morgan fingerprint density at radius 2 is 1.96 bits per heavy atom. The van der Waals surface area contributed by atoms with Gasteiger partial charge in [0.05, 0.1) is 31.4 Å². The fourth-order valence-electron chi connectivity index (χ4n) is 2.49. The predicted molar refractivity (Wildman–Crippen MR) is 109 cm³/mol. The Morgan fingerprint density at radius 1 is 1.15 bits per heavy atom. The molecule has 1 N–H and O–H groups in total. The lowest BCUT2D eigenvalue weighted by Crippen LogP contribution is -2.14. The molecule has 0 fully saturated rings. The maximum atomic E-state index is 12.4. The Balaban J connectivity index is 1.71. The molecule has 3 rings (SSSR count). The van der Waals surface area contributed by atoms with Crippen molar-refractivity contribution in [1.29, 1.82) is 0 Å². The van der Waals surface area contributed by atoms with Crippen molar-refractivity contribution in [2.75, 3.05) is 19.5 Å². The summed E-state index contributed by atoms with van der Waals surface area (Å²) in [5.41, 5.74) is 2.20. The van der Waals surface area contributed by atoms with Gasteiger partial charge in [-0.1, -0.05) is 29.3 Å². The zero-order valence-corrected chi connectivity index (χ0v) is 16.9. The molecule has 0 radical (unpaired) electrons. The quantitative estimate of drug-likeness (QED) is 0.583. The van der Waals surface area contributed by atoms with Gasteiger partial charge in [0.2, 0.25) is 5.91 Å². The SMILES string of the molecule is COc1ccc(CC(=O)Nc2nc(-c3ccc(Cl)cc3Cl)cs2)c(OC)c1. The summed E-state index contributed by atoms with van der Waals surface area (Å²) in [4.78, 5) is 16.8. The summed E-state index contributed by atoms with van der Waals surface area (Å²) < 4.78 is 10.5. The molecule has 140 valence electrons. The fraction of sp³-hybridized carbons (Fsp3) is 0.158. The van der Waals surface area contributed by atoms with Crippen LogP contribution in [0.1, 0.15) is 5.56 Å². The molecule has 8 heteroatoms. The summed E-state index contributed by atoms with van der Waals surface area (Å²) in [6.07, 6.45) is 0.157. The van der Waals surface area contributed by atoms with Crippen molar-refractivity contribution in [2.24, 2.45) is 0 Å². The van der Waals surface area contributed by atoms with Crippen LogP contribution in [0, 0.1) is 0 Å². The van der Waals surface area contributed by atoms with Crippen LogP contribution in [-0.4, -0.2) is 25.1 Å². The Bertz CT molecular complexity index is 975. The standard InChI is InChI=1S/C19H16Cl2N2O3S/c1-25-13-5-3-11(17(9-13)26-2)7-18(24)23-19-22-16(10-27-19)14-6-4-12(20)8-15(14)21/h3-6,8-10H,7H2,1-2H3,(H,22,23,24). The van der Waals surface area contributed by atoms with Crippen molar-refractivity contribution in [3.8, 4) is 22.8 Å². The molecule has 0 aliphatic rings. The normalized spacial score (nSPS) is 10.5. The second-order valence-electron chi connectivity index (χ2n) is 5.56. The second kappa shape index (κ2) is 8.61. The number of nitrogens with one attached hydrogen (secondary N) is 1. The minimum Gasteiger partial charge on any atom is -0.497 e. The van der Waals surface area contributed by atoms with E-state index in [9.17, 15) is 4.79 Å². The zero-order chi connectivity index (χ0) is 19.4. The minimum absolute atomic E-state index is 0.157. The van der Waals surface area contributed by atoms with Crippen LogP contribution in [0.4, 0.5) is 5.13 Å². The first-order chi connectivity index (χ1) is 13.0. The van der Waals surface area contributed by atoms with Crippen molar-refractivity contribution < 1.29 is 14.3 Å². The van der Waals surface area contributed by atoms with Gasteiger partial charge in [-0.25, -0.2) is 4.98 Å². The van der Waals surface area contributed by atoms with Gasteiger partial charge in [0.1, 0.15) is 11.5 Å². The average Bonchev–Trinajstić information content (AvgIpc) is 3.09. The van der Waals surface area contributed by atoms with Crippen molar-refractivity contribution in [3.63, 3.8) is 0 Å². The Kier molecular flexibility index (Phi) is 6.21. The summed E-state index contributed by atoms with van der Waals surface area (Å²) in [6, 6.07) is 10.5. The highest BCUT2D eigenvalue weighted by molar-refractivity contribution is 7.14. The van der Waals surface area contributed by atoms with Crippen molar-refractivity contribution >= 4 is 45.6 Å². The van der Waals surface area contributed by atoms with Gasteiger partial charge in [-0.3, -0.25) is 4.79 Å². The number of rotatable bonds is 6. The summed E-state index contributed by atoms with van der Waals surface area (Å²) in [6.45, 7) is 0. The lowest BCUT2D eigenvalue weighted by Gasteiger charge is -2.10. The summed E-state index contributed by atoms with van der Waals surface area (Å²) in [5, 5.41) is 6.19. The van der Waals surface area contributed by atoms with E-state index >= 15 is 0 Å². The number of benzene rings is 2. The predicted octanol–water partition coefficient (Wildman–Crippen LogP) is 5.32. The number of thiazole rings is 1. The maximum Gasteiger partial charge on any atom is 0.230 e. The molecule has 0 aliphatic carbocycles. The summed E-state index contributed by atoms with van der Waals surface area (Å²) in [7, 11) is 3.13. The van der Waals surface area contributed by atoms with E-state index < -0.39 is 0 Å². The van der Waals surface area contributed by atoms with Gasteiger partial charge in [-0.05, 0) is 24.3 Å². The van der Waals surface area contributed by atoms with Crippen LogP contribution in [0.25, 0.3) is 11.3 Å². The summed E-state index contributed by atoms with van der Waals surface area (Å²) >= 11 is 13.5. The van der Waals surface area contributed by atoms with Crippen molar-refractivity contribution in [1.82, 2.24) is 4.98 Å². The number of hydrogen-bond donors (Lipinski definition) is 1. The van der Waals surface area contributed by atoms with Crippen LogP contribution in [0.3, 0.4) is 0 Å². The van der Waals surface area contributed by atoms with Gasteiger partial charge in [0.25, 0.3) is 0 Å². The molecule has 3 aromatic rings. The molecular weight excluding hydrogens is 407 g/mol. The molecule has 0 spiro atoms. The van der Waals surface area contributed by atoms with E-state index in [4.69, 9.17) is 32.7 Å². The van der Waals surface area contributed by atoms with E-state index in [0.717, 1.165) is 11.1 Å². The van der Waals surface area contributed by atoms with Gasteiger partial charge >= 0.3 is 0 Å². The number of halogens is 2. The van der Waals surface area contributed by atoms with E-state index in [-0.39, 0.29) is 12.3 Å². The van der Waals surface area contributed by atoms with Gasteiger partial charge in [0, 0.05) is 27.6 Å². The third-order valence-corrected chi connectivity index (χ3v) is 5.11. The van der Waals surface area contributed by atoms with E-state index in [1.54, 1.807) is 50.6 Å². The number of aromatic nitrogens is 1. The van der Waals surface area contributed by atoms with E-state index in [1.165, 1.54) is 11.3 Å². The van der Waals surface area contributed by atoms with Gasteiger partial charge in [-0.15, -0.1) is 11.3 Å². The molecule has 2 aromatic carbocycles. The first-order valence-corrected chi connectivity index (χ1v) is 9.55. The Hall–Kier alpha value is -2.28. The van der Waals surface area contributed by atoms with Crippen LogP contribution in [0.5, 0.6) is 11.5 Å². The highest BCUT2D eigenvalue weighted by Gasteiger charge is 2.13. The van der Waals surface area contributed by atoms with E-state index in [0.29, 0.717) is 32.4 Å². The third kappa shape index (κ3) is 4.71. The molecule has 0 atom stereocenters. The zero-order valence-electron chi connectivity index (χ0n) is 14.6. The molecule has 5 nitrogen and oxygen atoms in total. The van der Waals surface area contributed by atoms with E-state index in [2.05, 4.69) is 10.3 Å². The third-order valence-electron chi connectivity index (χ3n) is 3.80.